The van der Waals surface area contributed by atoms with Gasteiger partial charge in [-0.25, -0.2) is 4.79 Å². The Morgan fingerprint density at radius 1 is 1.10 bits per heavy atom. The van der Waals surface area contributed by atoms with E-state index in [9.17, 15) is 4.79 Å². The van der Waals surface area contributed by atoms with Crippen LogP contribution in [0.2, 0.25) is 0 Å². The molecule has 0 spiro atoms. The van der Waals surface area contributed by atoms with Gasteiger partial charge in [0.25, 0.3) is 0 Å². The third kappa shape index (κ3) is 5.81. The fourth-order valence-corrected chi connectivity index (χ4v) is 3.57. The van der Waals surface area contributed by atoms with Crippen molar-refractivity contribution in [1.29, 1.82) is 0 Å². The lowest BCUT2D eigenvalue weighted by Crippen LogP contribution is -2.11. The van der Waals surface area contributed by atoms with Gasteiger partial charge in [0.1, 0.15) is 19.0 Å². The molecule has 2 aromatic carbocycles. The summed E-state index contributed by atoms with van der Waals surface area (Å²) in [6.07, 6.45) is 0.868. The van der Waals surface area contributed by atoms with Crippen LogP contribution in [0.5, 0.6) is 5.75 Å². The highest BCUT2D eigenvalue weighted by Gasteiger charge is 2.17. The molecule has 0 unspecified atom stereocenters. The molecule has 0 fully saturated rings. The third-order valence-electron chi connectivity index (χ3n) is 4.90. The zero-order valence-corrected chi connectivity index (χ0v) is 18.6. The van der Waals surface area contributed by atoms with Gasteiger partial charge in [-0.1, -0.05) is 43.7 Å². The molecule has 0 aliphatic rings. The van der Waals surface area contributed by atoms with E-state index >= 15 is 0 Å². The second kappa shape index (κ2) is 10.4. The molecule has 0 atom stereocenters. The Bertz CT molecular complexity index is 1050. The maximum atomic E-state index is 10.8. The maximum absolute atomic E-state index is 10.8. The number of ether oxygens (including phenoxy) is 1. The van der Waals surface area contributed by atoms with Gasteiger partial charge in [-0.3, -0.25) is 9.87 Å². The van der Waals surface area contributed by atoms with Crippen LogP contribution in [0.3, 0.4) is 0 Å². The topological polar surface area (TPSA) is 83.7 Å². The molecule has 0 radical (unpaired) electrons. The first-order valence-electron chi connectivity index (χ1n) is 10.5. The van der Waals surface area contributed by atoms with Crippen LogP contribution in [0.15, 0.2) is 42.5 Å². The Labute approximate surface area is 183 Å². The second-order valence-electron chi connectivity index (χ2n) is 8.00. The molecule has 3 aromatic rings. The minimum absolute atomic E-state index is 0.141. The highest BCUT2D eigenvalue weighted by atomic mass is 17.2. The molecule has 0 saturated carbocycles. The summed E-state index contributed by atoms with van der Waals surface area (Å²) in [7, 11) is 0. The number of nitrogens with two attached hydrogens (primary N) is 1. The lowest BCUT2D eigenvalue weighted by molar-refractivity contribution is -0.272. The zero-order valence-electron chi connectivity index (χ0n) is 18.6. The fraction of sp³-hybridized carbons (Fsp3) is 0.360. The molecule has 0 amide bonds. The molecule has 6 nitrogen and oxygen atoms in total. The lowest BCUT2D eigenvalue weighted by atomic mass is 9.91. The number of aryl methyl sites for hydroxylation is 1. The van der Waals surface area contributed by atoms with Crippen molar-refractivity contribution < 1.29 is 19.3 Å². The molecule has 0 saturated heterocycles. The minimum atomic E-state index is -0.494. The first-order valence-corrected chi connectivity index (χ1v) is 10.5. The summed E-state index contributed by atoms with van der Waals surface area (Å²) in [5, 5.41) is 0.996. The first-order chi connectivity index (χ1) is 14.9. The number of nitrogens with zero attached hydrogens (tertiary/aromatic N) is 1. The minimum Gasteiger partial charge on any atom is -0.491 e. The summed E-state index contributed by atoms with van der Waals surface area (Å²) in [6, 6.07) is 14.3. The average molecular weight is 423 g/mol. The molecule has 164 valence electrons. The highest BCUT2D eigenvalue weighted by molar-refractivity contribution is 5.97. The summed E-state index contributed by atoms with van der Waals surface area (Å²) in [4.78, 5) is 25.0. The molecular formula is C25H30N2O4. The van der Waals surface area contributed by atoms with Crippen molar-refractivity contribution in [3.63, 3.8) is 0 Å². The molecule has 2 N–H and O–H groups in total. The van der Waals surface area contributed by atoms with Crippen molar-refractivity contribution in [2.45, 2.75) is 40.7 Å². The van der Waals surface area contributed by atoms with Crippen molar-refractivity contribution in [2.24, 2.45) is 11.7 Å². The number of carbonyl (C=O) groups is 1. The van der Waals surface area contributed by atoms with Crippen molar-refractivity contribution in [3.8, 4) is 16.9 Å². The van der Waals surface area contributed by atoms with Gasteiger partial charge in [-0.05, 0) is 54.2 Å². The average Bonchev–Trinajstić information content (AvgIpc) is 2.72. The Morgan fingerprint density at radius 2 is 1.84 bits per heavy atom. The van der Waals surface area contributed by atoms with Crippen molar-refractivity contribution >= 4 is 16.9 Å². The zero-order chi connectivity index (χ0) is 22.4. The maximum Gasteiger partial charge on any atom is 0.339 e. The molecule has 0 bridgehead atoms. The number of pyridine rings is 1. The smallest absolute Gasteiger partial charge is 0.339 e. The van der Waals surface area contributed by atoms with E-state index in [4.69, 9.17) is 20.3 Å². The van der Waals surface area contributed by atoms with Crippen molar-refractivity contribution in [2.75, 3.05) is 13.2 Å². The number of carbonyl (C=O) groups excluding carboxylic acids is 1. The standard InChI is InChI=1S/C25H30N2O4/c1-16(2)13-24-22(15-26)25(19-7-5-17(3)6-8-19)21-14-20(9-10-23(21)27-24)29-11-12-30-31-18(4)28/h5-10,14,16H,11-13,15,26H2,1-4H3. The van der Waals surface area contributed by atoms with Crippen LogP contribution in [0.1, 0.15) is 37.6 Å². The van der Waals surface area contributed by atoms with E-state index in [2.05, 4.69) is 49.9 Å². The van der Waals surface area contributed by atoms with E-state index < -0.39 is 5.97 Å². The van der Waals surface area contributed by atoms with Crippen molar-refractivity contribution in [1.82, 2.24) is 4.98 Å². The van der Waals surface area contributed by atoms with Gasteiger partial charge >= 0.3 is 5.97 Å². The van der Waals surface area contributed by atoms with Gasteiger partial charge in [-0.15, -0.1) is 0 Å². The van der Waals surface area contributed by atoms with Gasteiger partial charge in [0, 0.05) is 24.5 Å². The Hall–Kier alpha value is -2.96. The molecule has 1 aromatic heterocycles. The summed E-state index contributed by atoms with van der Waals surface area (Å²) >= 11 is 0. The quantitative estimate of drug-likeness (QED) is 0.305. The summed E-state index contributed by atoms with van der Waals surface area (Å²) in [5.74, 6) is 0.667. The lowest BCUT2D eigenvalue weighted by Gasteiger charge is -2.18. The molecule has 6 heteroatoms. The van der Waals surface area contributed by atoms with Crippen LogP contribution in [0, 0.1) is 12.8 Å². The largest absolute Gasteiger partial charge is 0.491 e. The van der Waals surface area contributed by atoms with Crippen LogP contribution < -0.4 is 10.5 Å². The van der Waals surface area contributed by atoms with E-state index in [1.807, 2.05) is 18.2 Å². The molecule has 0 aliphatic carbocycles. The van der Waals surface area contributed by atoms with Gasteiger partial charge in [0.15, 0.2) is 0 Å². The van der Waals surface area contributed by atoms with Crippen LogP contribution in [0.25, 0.3) is 22.0 Å². The number of benzene rings is 2. The SMILES string of the molecule is CC(=O)OOCCOc1ccc2nc(CC(C)C)c(CN)c(-c3ccc(C)cc3)c2c1. The molecule has 3 rings (SSSR count). The van der Waals surface area contributed by atoms with E-state index in [-0.39, 0.29) is 13.2 Å². The Morgan fingerprint density at radius 3 is 2.48 bits per heavy atom. The number of fused-ring (bicyclic) bond motifs is 1. The van der Waals surface area contributed by atoms with E-state index in [0.29, 0.717) is 18.2 Å². The van der Waals surface area contributed by atoms with Gasteiger partial charge in [0.2, 0.25) is 0 Å². The second-order valence-corrected chi connectivity index (χ2v) is 8.00. The van der Waals surface area contributed by atoms with E-state index in [0.717, 1.165) is 39.7 Å². The van der Waals surface area contributed by atoms with Crippen LogP contribution >= 0.6 is 0 Å². The predicted molar refractivity (Wildman–Crippen MR) is 122 cm³/mol. The molecule has 31 heavy (non-hydrogen) atoms. The van der Waals surface area contributed by atoms with Gasteiger partial charge in [0.05, 0.1) is 5.52 Å². The summed E-state index contributed by atoms with van der Waals surface area (Å²) in [5.41, 5.74) is 12.7. The predicted octanol–water partition coefficient (Wildman–Crippen LogP) is 4.74. The van der Waals surface area contributed by atoms with Gasteiger partial charge < -0.3 is 10.5 Å². The van der Waals surface area contributed by atoms with Crippen LogP contribution in [-0.4, -0.2) is 24.2 Å². The fourth-order valence-electron chi connectivity index (χ4n) is 3.57. The monoisotopic (exact) mass is 422 g/mol. The number of hydrogen-bond donors (Lipinski definition) is 1. The van der Waals surface area contributed by atoms with Crippen molar-refractivity contribution in [3.05, 3.63) is 59.3 Å². The number of aromatic nitrogens is 1. The van der Waals surface area contributed by atoms with Crippen LogP contribution in [0.4, 0.5) is 0 Å². The third-order valence-corrected chi connectivity index (χ3v) is 4.90. The first kappa shape index (κ1) is 22.7. The number of rotatable bonds is 9. The van der Waals surface area contributed by atoms with Gasteiger partial charge in [-0.2, -0.15) is 4.89 Å². The van der Waals surface area contributed by atoms with Crippen LogP contribution in [-0.2, 0) is 27.5 Å². The number of hydrogen-bond acceptors (Lipinski definition) is 6. The summed E-state index contributed by atoms with van der Waals surface area (Å²) in [6.45, 7) is 8.54. The molecular weight excluding hydrogens is 392 g/mol. The van der Waals surface area contributed by atoms with E-state index in [1.165, 1.54) is 12.5 Å². The Balaban J connectivity index is 2.03. The highest BCUT2D eigenvalue weighted by Crippen LogP contribution is 2.35. The molecule has 1 heterocycles. The summed E-state index contributed by atoms with van der Waals surface area (Å²) < 4.78 is 5.80. The normalized spacial score (nSPS) is 11.2. The molecule has 0 aliphatic heterocycles. The van der Waals surface area contributed by atoms with E-state index in [1.54, 1.807) is 0 Å². The Kier molecular flexibility index (Phi) is 7.60.